The predicted octanol–water partition coefficient (Wildman–Crippen LogP) is 2.07. The van der Waals surface area contributed by atoms with E-state index in [0.29, 0.717) is 6.42 Å². The number of nitrogens with one attached hydrogen (secondary N) is 1. The lowest BCUT2D eigenvalue weighted by Gasteiger charge is -2.29. The lowest BCUT2D eigenvalue weighted by atomic mass is 10.0. The fraction of sp³-hybridized carbons (Fsp3) is 0.444. The highest BCUT2D eigenvalue weighted by molar-refractivity contribution is 5.87. The minimum Gasteiger partial charge on any atom is -0.461 e. The molecule has 5 nitrogen and oxygen atoms in total. The molecular formula is C18H21NO4. The van der Waals surface area contributed by atoms with Crippen LogP contribution in [0.4, 0.5) is 0 Å². The summed E-state index contributed by atoms with van der Waals surface area (Å²) in [5.74, 6) is -0.590. The summed E-state index contributed by atoms with van der Waals surface area (Å²) in [5.41, 5.74) is 0.963. The van der Waals surface area contributed by atoms with Crippen molar-refractivity contribution in [3.8, 4) is 0 Å². The Bertz CT molecular complexity index is 598. The lowest BCUT2D eigenvalue weighted by molar-refractivity contribution is -0.149. The van der Waals surface area contributed by atoms with Crippen molar-refractivity contribution in [2.45, 2.75) is 50.5 Å². The van der Waals surface area contributed by atoms with Crippen LogP contribution in [0.25, 0.3) is 6.08 Å². The van der Waals surface area contributed by atoms with E-state index in [0.717, 1.165) is 18.4 Å². The number of carbonyl (C=O) groups is 2. The maximum atomic E-state index is 12.0. The van der Waals surface area contributed by atoms with Crippen molar-refractivity contribution in [1.29, 1.82) is 0 Å². The van der Waals surface area contributed by atoms with Gasteiger partial charge in [-0.1, -0.05) is 30.3 Å². The summed E-state index contributed by atoms with van der Waals surface area (Å²) in [4.78, 5) is 23.1. The number of hydrogen-bond acceptors (Lipinski definition) is 5. The number of benzene rings is 1. The van der Waals surface area contributed by atoms with Gasteiger partial charge in [0, 0.05) is 37.9 Å². The number of ether oxygens (including phenoxy) is 2. The molecule has 2 bridgehead atoms. The van der Waals surface area contributed by atoms with E-state index in [4.69, 9.17) is 9.47 Å². The van der Waals surface area contributed by atoms with Gasteiger partial charge in [0.05, 0.1) is 0 Å². The molecule has 1 N–H and O–H groups in total. The van der Waals surface area contributed by atoms with E-state index in [1.807, 2.05) is 30.3 Å². The second-order valence-corrected chi connectivity index (χ2v) is 6.13. The molecule has 0 saturated carbocycles. The van der Waals surface area contributed by atoms with Crippen molar-refractivity contribution in [2.75, 3.05) is 0 Å². The van der Waals surface area contributed by atoms with Crippen molar-refractivity contribution in [3.05, 3.63) is 42.0 Å². The van der Waals surface area contributed by atoms with E-state index in [2.05, 4.69) is 5.32 Å². The highest BCUT2D eigenvalue weighted by Gasteiger charge is 2.43. The van der Waals surface area contributed by atoms with Gasteiger partial charge in [-0.15, -0.1) is 0 Å². The molecule has 0 radical (unpaired) electrons. The molecule has 4 atom stereocenters. The molecule has 0 spiro atoms. The Morgan fingerprint density at radius 1 is 1.13 bits per heavy atom. The zero-order chi connectivity index (χ0) is 16.2. The maximum Gasteiger partial charge on any atom is 0.331 e. The Hall–Kier alpha value is -2.14. The third-order valence-corrected chi connectivity index (χ3v) is 4.29. The Labute approximate surface area is 135 Å². The van der Waals surface area contributed by atoms with Crippen LogP contribution in [0.5, 0.6) is 0 Å². The van der Waals surface area contributed by atoms with Gasteiger partial charge in [-0.05, 0) is 18.1 Å². The van der Waals surface area contributed by atoms with Gasteiger partial charge in [-0.3, -0.25) is 4.79 Å². The quantitative estimate of drug-likeness (QED) is 0.681. The van der Waals surface area contributed by atoms with Gasteiger partial charge in [-0.2, -0.15) is 0 Å². The molecule has 0 aliphatic carbocycles. The van der Waals surface area contributed by atoms with Gasteiger partial charge in [0.25, 0.3) is 0 Å². The second kappa shape index (κ2) is 6.96. The molecule has 1 aromatic rings. The van der Waals surface area contributed by atoms with Crippen LogP contribution in [-0.4, -0.2) is 36.2 Å². The van der Waals surface area contributed by atoms with Crippen LogP contribution in [0, 0.1) is 0 Å². The molecule has 0 amide bonds. The summed E-state index contributed by atoms with van der Waals surface area (Å²) in [5, 5.41) is 3.42. The zero-order valence-corrected chi connectivity index (χ0v) is 13.1. The van der Waals surface area contributed by atoms with Crippen LogP contribution in [0.1, 0.15) is 31.7 Å². The molecular weight excluding hydrogens is 294 g/mol. The van der Waals surface area contributed by atoms with Gasteiger partial charge in [0.1, 0.15) is 12.2 Å². The molecule has 2 aliphatic heterocycles. The summed E-state index contributed by atoms with van der Waals surface area (Å²) in [6.45, 7) is 1.42. The summed E-state index contributed by atoms with van der Waals surface area (Å²) in [6.07, 6.45) is 5.21. The summed E-state index contributed by atoms with van der Waals surface area (Å²) in [7, 11) is 0. The Balaban J connectivity index is 1.52. The fourth-order valence-corrected chi connectivity index (χ4v) is 3.38. The molecule has 5 heteroatoms. The molecule has 0 aromatic heterocycles. The van der Waals surface area contributed by atoms with Crippen LogP contribution >= 0.6 is 0 Å². The van der Waals surface area contributed by atoms with E-state index in [-0.39, 0.29) is 36.2 Å². The Morgan fingerprint density at radius 3 is 2.65 bits per heavy atom. The largest absolute Gasteiger partial charge is 0.461 e. The van der Waals surface area contributed by atoms with E-state index in [1.54, 1.807) is 6.08 Å². The Morgan fingerprint density at radius 2 is 1.91 bits per heavy atom. The number of carbonyl (C=O) groups excluding carboxylic acids is 2. The Kier molecular flexibility index (Phi) is 4.76. The summed E-state index contributed by atoms with van der Waals surface area (Å²) < 4.78 is 10.9. The van der Waals surface area contributed by atoms with Gasteiger partial charge in [0.15, 0.2) is 0 Å². The average Bonchev–Trinajstić information content (AvgIpc) is 2.79. The van der Waals surface area contributed by atoms with Gasteiger partial charge in [0.2, 0.25) is 0 Å². The van der Waals surface area contributed by atoms with E-state index in [1.165, 1.54) is 13.0 Å². The molecule has 1 aromatic carbocycles. The van der Waals surface area contributed by atoms with E-state index < -0.39 is 0 Å². The molecule has 122 valence electrons. The average molecular weight is 315 g/mol. The second-order valence-electron chi connectivity index (χ2n) is 6.13. The van der Waals surface area contributed by atoms with Crippen LogP contribution in [0.2, 0.25) is 0 Å². The maximum absolute atomic E-state index is 12.0. The van der Waals surface area contributed by atoms with Crippen LogP contribution in [0.15, 0.2) is 36.4 Å². The fourth-order valence-electron chi connectivity index (χ4n) is 3.38. The minimum absolute atomic E-state index is 0.0774. The van der Waals surface area contributed by atoms with Crippen molar-refractivity contribution < 1.29 is 19.1 Å². The number of rotatable bonds is 4. The van der Waals surface area contributed by atoms with Crippen LogP contribution in [0.3, 0.4) is 0 Å². The standard InChI is InChI=1S/C18H21NO4/c1-12(20)22-17-10-14-9-15(11-16(17)19-14)23-18(21)8-7-13-5-3-2-4-6-13/h2-8,14-17,19H,9-11H2,1H3/b8-7-. The minimum atomic E-state index is -0.329. The smallest absolute Gasteiger partial charge is 0.331 e. The number of piperidine rings is 1. The molecule has 2 fully saturated rings. The molecule has 4 unspecified atom stereocenters. The van der Waals surface area contributed by atoms with Crippen molar-refractivity contribution in [3.63, 3.8) is 0 Å². The third kappa shape index (κ3) is 4.20. The van der Waals surface area contributed by atoms with E-state index in [9.17, 15) is 9.59 Å². The van der Waals surface area contributed by atoms with Crippen LogP contribution in [-0.2, 0) is 19.1 Å². The van der Waals surface area contributed by atoms with Gasteiger partial charge < -0.3 is 14.8 Å². The molecule has 2 heterocycles. The number of esters is 2. The number of fused-ring (bicyclic) bond motifs is 2. The van der Waals surface area contributed by atoms with Crippen molar-refractivity contribution in [1.82, 2.24) is 5.32 Å². The SMILES string of the molecule is CC(=O)OC1CC2CC(OC(=O)/C=C\c3ccccc3)CC1N2. The first-order chi connectivity index (χ1) is 11.1. The normalized spacial score (nSPS) is 29.4. The highest BCUT2D eigenvalue weighted by Crippen LogP contribution is 2.31. The topological polar surface area (TPSA) is 64.6 Å². The first-order valence-electron chi connectivity index (χ1n) is 7.97. The first-order valence-corrected chi connectivity index (χ1v) is 7.97. The molecule has 2 aliphatic rings. The summed E-state index contributed by atoms with van der Waals surface area (Å²) in [6, 6.07) is 9.95. The first kappa shape index (κ1) is 15.7. The predicted molar refractivity (Wildman–Crippen MR) is 85.5 cm³/mol. The van der Waals surface area contributed by atoms with Gasteiger partial charge >= 0.3 is 11.9 Å². The van der Waals surface area contributed by atoms with Crippen molar-refractivity contribution in [2.24, 2.45) is 0 Å². The van der Waals surface area contributed by atoms with E-state index >= 15 is 0 Å². The van der Waals surface area contributed by atoms with Crippen LogP contribution < -0.4 is 5.32 Å². The molecule has 2 saturated heterocycles. The lowest BCUT2D eigenvalue weighted by Crippen LogP contribution is -2.44. The number of hydrogen-bond donors (Lipinski definition) is 1. The molecule has 23 heavy (non-hydrogen) atoms. The van der Waals surface area contributed by atoms with Gasteiger partial charge in [-0.25, -0.2) is 4.79 Å². The summed E-state index contributed by atoms with van der Waals surface area (Å²) >= 11 is 0. The third-order valence-electron chi connectivity index (χ3n) is 4.29. The monoisotopic (exact) mass is 315 g/mol. The molecule has 3 rings (SSSR count). The zero-order valence-electron chi connectivity index (χ0n) is 13.1. The van der Waals surface area contributed by atoms with Crippen molar-refractivity contribution >= 4 is 18.0 Å². The highest BCUT2D eigenvalue weighted by atomic mass is 16.6.